The van der Waals surface area contributed by atoms with Crippen LogP contribution < -0.4 is 5.56 Å². The van der Waals surface area contributed by atoms with E-state index in [0.29, 0.717) is 25.2 Å². The van der Waals surface area contributed by atoms with Crippen LogP contribution in [0.5, 0.6) is 0 Å². The Kier molecular flexibility index (Phi) is 5.22. The first-order chi connectivity index (χ1) is 14.9. The van der Waals surface area contributed by atoms with Gasteiger partial charge in [-0.15, -0.1) is 11.3 Å². The van der Waals surface area contributed by atoms with E-state index in [1.165, 1.54) is 10.4 Å². The molecule has 1 N–H and O–H groups in total. The first kappa shape index (κ1) is 20.5. The van der Waals surface area contributed by atoms with Gasteiger partial charge < -0.3 is 4.90 Å². The fourth-order valence-electron chi connectivity index (χ4n) is 4.92. The number of rotatable bonds is 4. The van der Waals surface area contributed by atoms with Crippen molar-refractivity contribution in [3.63, 3.8) is 0 Å². The molecule has 2 aliphatic rings. The highest BCUT2D eigenvalue weighted by molar-refractivity contribution is 7.10. The summed E-state index contributed by atoms with van der Waals surface area (Å²) in [7, 11) is 0. The second-order valence-corrected chi connectivity index (χ2v) is 10.2. The van der Waals surface area contributed by atoms with Crippen LogP contribution in [-0.2, 0) is 24.3 Å². The number of thiophene rings is 1. The molecule has 1 amide bonds. The third-order valence-electron chi connectivity index (χ3n) is 6.48. The minimum Gasteiger partial charge on any atom is -0.336 e. The van der Waals surface area contributed by atoms with Gasteiger partial charge in [-0.25, -0.2) is 9.50 Å². The molecule has 0 spiro atoms. The number of aromatic nitrogens is 3. The van der Waals surface area contributed by atoms with E-state index in [1.54, 1.807) is 15.9 Å². The Morgan fingerprint density at radius 3 is 2.90 bits per heavy atom. The number of carbonyl (C=O) groups excluding carboxylic acids is 1. The van der Waals surface area contributed by atoms with Crippen molar-refractivity contribution in [1.29, 1.82) is 0 Å². The monoisotopic (exact) mass is 439 g/mol. The van der Waals surface area contributed by atoms with Crippen LogP contribution in [0.15, 0.2) is 22.3 Å². The number of nitrogens with zero attached hydrogens (tertiary/aromatic N) is 4. The highest BCUT2D eigenvalue weighted by Crippen LogP contribution is 2.33. The summed E-state index contributed by atoms with van der Waals surface area (Å²) in [6.45, 7) is 8.94. The molecule has 3 aromatic heterocycles. The minimum absolute atomic E-state index is 0.0269. The topological polar surface area (TPSA) is 73.7 Å². The molecule has 1 atom stereocenters. The van der Waals surface area contributed by atoms with E-state index >= 15 is 0 Å². The molecular weight excluding hydrogens is 410 g/mol. The maximum atomic E-state index is 13.2. The smallest absolute Gasteiger partial charge is 0.276 e. The molecule has 0 radical (unpaired) electrons. The average molecular weight is 440 g/mol. The van der Waals surface area contributed by atoms with Crippen LogP contribution in [-0.4, -0.2) is 43.4 Å². The van der Waals surface area contributed by atoms with Gasteiger partial charge in [0.15, 0.2) is 5.65 Å². The van der Waals surface area contributed by atoms with Crippen LogP contribution in [0.25, 0.3) is 5.65 Å². The lowest BCUT2D eigenvalue weighted by molar-refractivity contribution is -0.135. The average Bonchev–Trinajstić information content (AvgIpc) is 3.47. The maximum Gasteiger partial charge on any atom is 0.276 e. The SMILES string of the molecule is Cc1cc(CN2CCCC2c2cc3nc4c(c(=O)n3[nH]2)CCN(C(=O)C(C)C)C4)cs1. The number of fused-ring (bicyclic) bond motifs is 2. The Morgan fingerprint density at radius 2 is 2.16 bits per heavy atom. The van der Waals surface area contributed by atoms with Gasteiger partial charge in [-0.05, 0) is 49.7 Å². The van der Waals surface area contributed by atoms with E-state index < -0.39 is 0 Å². The molecule has 5 heterocycles. The molecule has 1 saturated heterocycles. The first-order valence-corrected chi connectivity index (χ1v) is 12.0. The molecule has 0 aliphatic carbocycles. The summed E-state index contributed by atoms with van der Waals surface area (Å²) >= 11 is 1.79. The van der Waals surface area contributed by atoms with Crippen molar-refractivity contribution in [2.75, 3.05) is 13.1 Å². The number of H-pyrrole nitrogens is 1. The molecule has 7 nitrogen and oxygen atoms in total. The summed E-state index contributed by atoms with van der Waals surface area (Å²) in [6, 6.07) is 4.54. The number of hydrogen-bond donors (Lipinski definition) is 1. The van der Waals surface area contributed by atoms with Crippen LogP contribution in [0.2, 0.25) is 0 Å². The van der Waals surface area contributed by atoms with Crippen LogP contribution in [0.3, 0.4) is 0 Å². The van der Waals surface area contributed by atoms with Crippen molar-refractivity contribution in [1.82, 2.24) is 24.4 Å². The van der Waals surface area contributed by atoms with Gasteiger partial charge in [0.1, 0.15) is 0 Å². The van der Waals surface area contributed by atoms with Gasteiger partial charge in [-0.3, -0.25) is 19.6 Å². The number of likely N-dealkylation sites (tertiary alicyclic amines) is 1. The zero-order chi connectivity index (χ0) is 21.7. The van der Waals surface area contributed by atoms with Crippen molar-refractivity contribution in [3.05, 3.63) is 55.3 Å². The summed E-state index contributed by atoms with van der Waals surface area (Å²) in [5, 5.41) is 5.59. The zero-order valence-corrected chi connectivity index (χ0v) is 19.2. The van der Waals surface area contributed by atoms with Crippen molar-refractivity contribution in [2.24, 2.45) is 5.92 Å². The number of nitrogens with one attached hydrogen (secondary N) is 1. The second kappa shape index (κ2) is 7.91. The molecule has 0 saturated carbocycles. The lowest BCUT2D eigenvalue weighted by Gasteiger charge is -2.29. The van der Waals surface area contributed by atoms with Crippen molar-refractivity contribution in [3.8, 4) is 0 Å². The Bertz CT molecular complexity index is 1190. The molecule has 1 fully saturated rings. The quantitative estimate of drug-likeness (QED) is 0.677. The van der Waals surface area contributed by atoms with Gasteiger partial charge in [0.2, 0.25) is 5.91 Å². The lowest BCUT2D eigenvalue weighted by Crippen LogP contribution is -2.41. The highest BCUT2D eigenvalue weighted by atomic mass is 32.1. The molecular formula is C23H29N5O2S. The van der Waals surface area contributed by atoms with Gasteiger partial charge in [0.25, 0.3) is 5.56 Å². The maximum absolute atomic E-state index is 13.2. The Hall–Kier alpha value is -2.45. The van der Waals surface area contributed by atoms with Gasteiger partial charge in [-0.1, -0.05) is 13.8 Å². The van der Waals surface area contributed by atoms with Gasteiger partial charge in [-0.2, -0.15) is 0 Å². The van der Waals surface area contributed by atoms with Crippen molar-refractivity contribution < 1.29 is 4.79 Å². The molecule has 2 aliphatic heterocycles. The van der Waals surface area contributed by atoms with Gasteiger partial charge in [0, 0.05) is 35.5 Å². The number of carbonyl (C=O) groups is 1. The van der Waals surface area contributed by atoms with E-state index in [1.807, 2.05) is 24.8 Å². The minimum atomic E-state index is -0.0504. The van der Waals surface area contributed by atoms with E-state index in [9.17, 15) is 9.59 Å². The summed E-state index contributed by atoms with van der Waals surface area (Å²) in [4.78, 5) is 36.0. The standard InChI is InChI=1S/C23H29N5O2S/c1-14(2)22(29)27-8-6-17-19(12-27)24-21-10-18(25-28(21)23(17)30)20-5-4-7-26(20)11-16-9-15(3)31-13-16/h9-10,13-14,20,25H,4-8,11-12H2,1-3H3. The van der Waals surface area contributed by atoms with Crippen molar-refractivity contribution in [2.45, 2.75) is 59.2 Å². The zero-order valence-electron chi connectivity index (χ0n) is 18.4. The van der Waals surface area contributed by atoms with E-state index in [-0.39, 0.29) is 23.4 Å². The third kappa shape index (κ3) is 3.72. The van der Waals surface area contributed by atoms with Crippen LogP contribution >= 0.6 is 11.3 Å². The van der Waals surface area contributed by atoms with E-state index in [4.69, 9.17) is 4.98 Å². The second-order valence-electron chi connectivity index (χ2n) is 9.11. The molecule has 164 valence electrons. The van der Waals surface area contributed by atoms with E-state index in [0.717, 1.165) is 42.9 Å². The van der Waals surface area contributed by atoms with Crippen LogP contribution in [0.4, 0.5) is 0 Å². The fraction of sp³-hybridized carbons (Fsp3) is 0.522. The normalized spacial score (nSPS) is 19.5. The van der Waals surface area contributed by atoms with Crippen molar-refractivity contribution >= 4 is 22.9 Å². The summed E-state index contributed by atoms with van der Waals surface area (Å²) in [5.41, 5.74) is 4.50. The van der Waals surface area contributed by atoms with Crippen LogP contribution in [0.1, 0.15) is 60.1 Å². The predicted molar refractivity (Wildman–Crippen MR) is 121 cm³/mol. The largest absolute Gasteiger partial charge is 0.336 e. The first-order valence-electron chi connectivity index (χ1n) is 11.1. The molecule has 0 aromatic carbocycles. The number of aryl methyl sites for hydroxylation is 1. The van der Waals surface area contributed by atoms with Gasteiger partial charge >= 0.3 is 0 Å². The summed E-state index contributed by atoms with van der Waals surface area (Å²) < 4.78 is 1.60. The Morgan fingerprint density at radius 1 is 1.32 bits per heavy atom. The molecule has 5 rings (SSSR count). The Balaban J connectivity index is 1.45. The summed E-state index contributed by atoms with van der Waals surface area (Å²) in [6.07, 6.45) is 2.78. The Labute approximate surface area is 185 Å². The molecule has 3 aromatic rings. The molecule has 8 heteroatoms. The summed E-state index contributed by atoms with van der Waals surface area (Å²) in [5.74, 6) is 0.0678. The van der Waals surface area contributed by atoms with Crippen LogP contribution in [0, 0.1) is 12.8 Å². The number of amides is 1. The highest BCUT2D eigenvalue weighted by Gasteiger charge is 2.30. The number of hydrogen-bond acceptors (Lipinski definition) is 5. The van der Waals surface area contributed by atoms with Gasteiger partial charge in [0.05, 0.1) is 24.0 Å². The molecule has 0 bridgehead atoms. The predicted octanol–water partition coefficient (Wildman–Crippen LogP) is 3.27. The lowest BCUT2D eigenvalue weighted by atomic mass is 10.0. The molecule has 31 heavy (non-hydrogen) atoms. The molecule has 1 unspecified atom stereocenters. The number of aromatic amines is 1. The third-order valence-corrected chi connectivity index (χ3v) is 7.40. The fourth-order valence-corrected chi connectivity index (χ4v) is 5.62. The van der Waals surface area contributed by atoms with E-state index in [2.05, 4.69) is 28.4 Å².